The Hall–Kier alpha value is -2.43. The topological polar surface area (TPSA) is 68.2 Å². The molecule has 5 heteroatoms. The van der Waals surface area contributed by atoms with Crippen LogP contribution < -0.4 is 5.32 Å². The first kappa shape index (κ1) is 11.6. The van der Waals surface area contributed by atoms with Gasteiger partial charge >= 0.3 is 0 Å². The molecule has 1 saturated heterocycles. The summed E-state index contributed by atoms with van der Waals surface area (Å²) in [7, 11) is 0. The van der Waals surface area contributed by atoms with E-state index in [1.54, 1.807) is 12.1 Å². The van der Waals surface area contributed by atoms with Crippen molar-refractivity contribution in [1.82, 2.24) is 9.88 Å². The van der Waals surface area contributed by atoms with E-state index in [0.29, 0.717) is 18.4 Å². The molecule has 2 amide bonds. The van der Waals surface area contributed by atoms with Gasteiger partial charge in [-0.3, -0.25) is 19.7 Å². The zero-order chi connectivity index (χ0) is 13.4. The molecule has 1 aliphatic rings. The summed E-state index contributed by atoms with van der Waals surface area (Å²) in [5.74, 6) is -0.492. The van der Waals surface area contributed by atoms with Gasteiger partial charge in [-0.15, -0.1) is 0 Å². The lowest BCUT2D eigenvalue weighted by atomic mass is 10.1. The van der Waals surface area contributed by atoms with Gasteiger partial charge in [0.1, 0.15) is 12.3 Å². The Bertz CT molecular complexity index is 687. The van der Waals surface area contributed by atoms with E-state index < -0.39 is 0 Å². The van der Waals surface area contributed by atoms with Crippen LogP contribution in [-0.2, 0) is 9.59 Å². The first-order valence-electron chi connectivity index (χ1n) is 6.08. The number of nitrogens with zero attached hydrogens (tertiary/aromatic N) is 1. The van der Waals surface area contributed by atoms with Crippen LogP contribution in [0, 0.1) is 0 Å². The number of aldehydes is 1. The smallest absolute Gasteiger partial charge is 0.249 e. The number of imide groups is 1. The second-order valence-corrected chi connectivity index (χ2v) is 4.63. The summed E-state index contributed by atoms with van der Waals surface area (Å²) in [5.41, 5.74) is 1.49. The third kappa shape index (κ3) is 1.93. The molecule has 0 saturated carbocycles. The Morgan fingerprint density at radius 1 is 1.26 bits per heavy atom. The van der Waals surface area contributed by atoms with Gasteiger partial charge in [-0.25, -0.2) is 0 Å². The zero-order valence-corrected chi connectivity index (χ0v) is 10.1. The van der Waals surface area contributed by atoms with Crippen molar-refractivity contribution < 1.29 is 14.4 Å². The van der Waals surface area contributed by atoms with Gasteiger partial charge in [0.15, 0.2) is 0 Å². The van der Waals surface area contributed by atoms with Crippen LogP contribution in [0.4, 0.5) is 0 Å². The molecule has 2 heterocycles. The first-order valence-corrected chi connectivity index (χ1v) is 6.08. The van der Waals surface area contributed by atoms with Gasteiger partial charge in [0.2, 0.25) is 11.8 Å². The van der Waals surface area contributed by atoms with Crippen molar-refractivity contribution in [2.75, 3.05) is 0 Å². The van der Waals surface area contributed by atoms with Crippen molar-refractivity contribution >= 4 is 29.0 Å². The van der Waals surface area contributed by atoms with Gasteiger partial charge in [-0.1, -0.05) is 0 Å². The van der Waals surface area contributed by atoms with E-state index in [-0.39, 0.29) is 17.9 Å². The Balaban J connectivity index is 2.03. The molecule has 1 aromatic carbocycles. The van der Waals surface area contributed by atoms with E-state index in [1.165, 1.54) is 0 Å². The fraction of sp³-hybridized carbons (Fsp3) is 0.214. The molecule has 0 spiro atoms. The quantitative estimate of drug-likeness (QED) is 0.653. The molecule has 0 bridgehead atoms. The Kier molecular flexibility index (Phi) is 2.67. The molecule has 0 radical (unpaired) electrons. The number of hydrogen-bond donors (Lipinski definition) is 1. The highest BCUT2D eigenvalue weighted by molar-refractivity contribution is 6.00. The second kappa shape index (κ2) is 4.35. The molecule has 2 aromatic rings. The first-order chi connectivity index (χ1) is 9.19. The molecular formula is C14H12N2O3. The predicted molar refractivity (Wildman–Crippen MR) is 68.7 cm³/mol. The monoisotopic (exact) mass is 256 g/mol. The Labute approximate surface area is 109 Å². The molecule has 1 aliphatic heterocycles. The molecule has 1 fully saturated rings. The van der Waals surface area contributed by atoms with Gasteiger partial charge in [0, 0.05) is 29.1 Å². The van der Waals surface area contributed by atoms with Crippen LogP contribution in [0.25, 0.3) is 10.9 Å². The molecule has 1 aromatic heterocycles. The third-order valence-electron chi connectivity index (χ3n) is 3.43. The SMILES string of the molecule is O=Cc1ccc2c(ccn2C2CCC(=O)NC2=O)c1. The van der Waals surface area contributed by atoms with E-state index >= 15 is 0 Å². The molecule has 1 N–H and O–H groups in total. The standard InChI is InChI=1S/C14H12N2O3/c17-8-9-1-2-11-10(7-9)5-6-16(11)12-3-4-13(18)15-14(12)19/h1-2,5-8,12H,3-4H2,(H,15,18,19). The number of fused-ring (bicyclic) bond motifs is 1. The van der Waals surface area contributed by atoms with E-state index in [9.17, 15) is 14.4 Å². The van der Waals surface area contributed by atoms with Crippen LogP contribution in [0.5, 0.6) is 0 Å². The van der Waals surface area contributed by atoms with Gasteiger partial charge < -0.3 is 4.57 Å². The predicted octanol–water partition coefficient (Wildman–Crippen LogP) is 1.43. The maximum Gasteiger partial charge on any atom is 0.249 e. The number of amides is 2. The van der Waals surface area contributed by atoms with Crippen LogP contribution in [0.15, 0.2) is 30.5 Å². The van der Waals surface area contributed by atoms with Crippen molar-refractivity contribution in [3.63, 3.8) is 0 Å². The second-order valence-electron chi connectivity index (χ2n) is 4.63. The van der Waals surface area contributed by atoms with E-state index in [0.717, 1.165) is 17.2 Å². The molecular weight excluding hydrogens is 244 g/mol. The Morgan fingerprint density at radius 2 is 2.11 bits per heavy atom. The summed E-state index contributed by atoms with van der Waals surface area (Å²) >= 11 is 0. The number of hydrogen-bond acceptors (Lipinski definition) is 3. The minimum Gasteiger partial charge on any atom is -0.335 e. The molecule has 0 aliphatic carbocycles. The van der Waals surface area contributed by atoms with Crippen LogP contribution in [0.3, 0.4) is 0 Å². The summed E-state index contributed by atoms with van der Waals surface area (Å²) in [4.78, 5) is 33.8. The van der Waals surface area contributed by atoms with Crippen molar-refractivity contribution in [1.29, 1.82) is 0 Å². The van der Waals surface area contributed by atoms with Crippen LogP contribution in [-0.4, -0.2) is 22.7 Å². The number of piperidine rings is 1. The van der Waals surface area contributed by atoms with Crippen molar-refractivity contribution in [2.45, 2.75) is 18.9 Å². The minimum absolute atomic E-state index is 0.221. The van der Waals surface area contributed by atoms with Crippen molar-refractivity contribution in [2.24, 2.45) is 0 Å². The van der Waals surface area contributed by atoms with Crippen molar-refractivity contribution in [3.05, 3.63) is 36.0 Å². The molecule has 96 valence electrons. The highest BCUT2D eigenvalue weighted by atomic mass is 16.2. The number of carbonyl (C=O) groups is 3. The number of rotatable bonds is 2. The van der Waals surface area contributed by atoms with Gasteiger partial charge in [0.05, 0.1) is 0 Å². The van der Waals surface area contributed by atoms with Gasteiger partial charge in [-0.2, -0.15) is 0 Å². The normalized spacial score (nSPS) is 19.5. The number of nitrogens with one attached hydrogen (secondary N) is 1. The fourth-order valence-corrected chi connectivity index (χ4v) is 2.48. The zero-order valence-electron chi connectivity index (χ0n) is 10.1. The lowest BCUT2D eigenvalue weighted by Gasteiger charge is -2.23. The molecule has 3 rings (SSSR count). The van der Waals surface area contributed by atoms with Gasteiger partial charge in [-0.05, 0) is 30.7 Å². The summed E-state index contributed by atoms with van der Waals surface area (Å²) < 4.78 is 1.85. The summed E-state index contributed by atoms with van der Waals surface area (Å²) in [6, 6.07) is 6.83. The van der Waals surface area contributed by atoms with E-state index in [2.05, 4.69) is 5.32 Å². The number of carbonyl (C=O) groups excluding carboxylic acids is 3. The molecule has 1 unspecified atom stereocenters. The van der Waals surface area contributed by atoms with Gasteiger partial charge in [0.25, 0.3) is 0 Å². The average Bonchev–Trinajstić information content (AvgIpc) is 2.81. The highest BCUT2D eigenvalue weighted by Gasteiger charge is 2.28. The maximum atomic E-state index is 11.9. The molecule has 5 nitrogen and oxygen atoms in total. The summed E-state index contributed by atoms with van der Waals surface area (Å²) in [5, 5.41) is 3.26. The highest BCUT2D eigenvalue weighted by Crippen LogP contribution is 2.25. The summed E-state index contributed by atoms with van der Waals surface area (Å²) in [6.07, 6.45) is 3.47. The third-order valence-corrected chi connectivity index (χ3v) is 3.43. The number of benzene rings is 1. The molecule has 1 atom stereocenters. The summed E-state index contributed by atoms with van der Waals surface area (Å²) in [6.45, 7) is 0. The van der Waals surface area contributed by atoms with E-state index in [4.69, 9.17) is 0 Å². The largest absolute Gasteiger partial charge is 0.335 e. The van der Waals surface area contributed by atoms with Crippen LogP contribution in [0.1, 0.15) is 29.2 Å². The lowest BCUT2D eigenvalue weighted by Crippen LogP contribution is -2.41. The lowest BCUT2D eigenvalue weighted by molar-refractivity contribution is -0.135. The fourth-order valence-electron chi connectivity index (χ4n) is 2.48. The Morgan fingerprint density at radius 3 is 2.84 bits per heavy atom. The molecule has 19 heavy (non-hydrogen) atoms. The maximum absolute atomic E-state index is 11.9. The minimum atomic E-state index is -0.364. The van der Waals surface area contributed by atoms with Crippen LogP contribution >= 0.6 is 0 Å². The number of aromatic nitrogens is 1. The van der Waals surface area contributed by atoms with Crippen molar-refractivity contribution in [3.8, 4) is 0 Å². The van der Waals surface area contributed by atoms with E-state index in [1.807, 2.05) is 22.9 Å². The van der Waals surface area contributed by atoms with Crippen LogP contribution in [0.2, 0.25) is 0 Å². The average molecular weight is 256 g/mol.